The molecule has 5 aromatic carbocycles. The van der Waals surface area contributed by atoms with Crippen molar-refractivity contribution in [2.45, 2.75) is 32.6 Å². The molecule has 0 unspecified atom stereocenters. The van der Waals surface area contributed by atoms with Gasteiger partial charge in [-0.2, -0.15) is 26.3 Å². The maximum Gasteiger partial charge on any atom is 0.416 e. The quantitative estimate of drug-likeness (QED) is 0.122. The van der Waals surface area contributed by atoms with Gasteiger partial charge in [-0.05, 0) is 78.6 Å². The van der Waals surface area contributed by atoms with Crippen LogP contribution >= 0.6 is 0 Å². The van der Waals surface area contributed by atoms with E-state index in [1.807, 2.05) is 79.7 Å². The minimum absolute atomic E-state index is 0.226. The van der Waals surface area contributed by atoms with E-state index in [1.165, 1.54) is 24.3 Å². The molecule has 7 rings (SSSR count). The molecule has 0 saturated heterocycles. The summed E-state index contributed by atoms with van der Waals surface area (Å²) in [4.78, 5) is 19.8. The van der Waals surface area contributed by atoms with Gasteiger partial charge in [-0.15, -0.1) is 0 Å². The Kier molecular flexibility index (Phi) is 9.38. The average Bonchev–Trinajstić information content (AvgIpc) is 3.16. The van der Waals surface area contributed by atoms with Crippen LogP contribution in [0.3, 0.4) is 0 Å². The first-order valence-corrected chi connectivity index (χ1v) is 16.8. The fraction of sp³-hybridized carbons (Fsp3) is 0.116. The molecule has 10 heteroatoms. The number of alkyl halides is 6. The highest BCUT2D eigenvalue weighted by Crippen LogP contribution is 2.37. The van der Waals surface area contributed by atoms with Crippen LogP contribution in [0.5, 0.6) is 0 Å². The third kappa shape index (κ3) is 7.30. The van der Waals surface area contributed by atoms with Gasteiger partial charge < -0.3 is 0 Å². The zero-order valence-corrected chi connectivity index (χ0v) is 28.5. The number of rotatable bonds is 7. The number of hydrogen-bond donors (Lipinski definition) is 0. The summed E-state index contributed by atoms with van der Waals surface area (Å²) in [5, 5.41) is 0. The van der Waals surface area contributed by atoms with E-state index in [9.17, 15) is 26.3 Å². The van der Waals surface area contributed by atoms with Crippen LogP contribution < -0.4 is 0 Å². The largest absolute Gasteiger partial charge is 0.416 e. The topological polar surface area (TPSA) is 51.6 Å². The van der Waals surface area contributed by atoms with Crippen molar-refractivity contribution in [1.82, 2.24) is 19.9 Å². The van der Waals surface area contributed by atoms with Crippen LogP contribution in [-0.2, 0) is 12.4 Å². The molecule has 4 nitrogen and oxygen atoms in total. The van der Waals surface area contributed by atoms with Crippen LogP contribution in [-0.4, -0.2) is 19.9 Å². The second-order valence-electron chi connectivity index (χ2n) is 12.3. The molecular formula is C43H30F6N4. The second kappa shape index (κ2) is 14.1. The molecule has 0 bridgehead atoms. The Balaban J connectivity index is 1.36. The van der Waals surface area contributed by atoms with Crippen molar-refractivity contribution in [2.24, 2.45) is 0 Å². The van der Waals surface area contributed by atoms with Gasteiger partial charge in [-0.3, -0.25) is 0 Å². The van der Waals surface area contributed by atoms with Crippen molar-refractivity contribution < 1.29 is 26.3 Å². The van der Waals surface area contributed by atoms with Gasteiger partial charge >= 0.3 is 12.4 Å². The maximum atomic E-state index is 13.4. The number of benzene rings is 5. The Labute approximate surface area is 301 Å². The fourth-order valence-corrected chi connectivity index (χ4v) is 6.06. The standard InChI is InChI=1S/C43H30F6N4/c1-3-5-9-26(4-2)38-39(27-10-7-6-8-11-27)50-34-22-16-30(24-36(34)52-38)31-17-23-35-37(25-31)53-41(29-14-20-33(21-15-29)43(47,48)49)40(51-35)28-12-18-32(19-13-28)42(44,45)46/h4-25H,3H2,1-2H3/b9-5-,26-4+. The van der Waals surface area contributed by atoms with Crippen molar-refractivity contribution in [3.05, 3.63) is 150 Å². The zero-order chi connectivity index (χ0) is 37.3. The lowest BCUT2D eigenvalue weighted by Gasteiger charge is -2.14. The number of hydrogen-bond acceptors (Lipinski definition) is 4. The summed E-state index contributed by atoms with van der Waals surface area (Å²) < 4.78 is 80.2. The number of halogens is 6. The lowest BCUT2D eigenvalue weighted by atomic mass is 10.00. The number of allylic oxidation sites excluding steroid dienone is 4. The molecule has 0 N–H and O–H groups in total. The highest BCUT2D eigenvalue weighted by molar-refractivity contribution is 5.92. The van der Waals surface area contributed by atoms with Crippen LogP contribution in [0.1, 0.15) is 37.1 Å². The molecular weight excluding hydrogens is 686 g/mol. The molecule has 0 aliphatic rings. The first kappa shape index (κ1) is 35.3. The zero-order valence-electron chi connectivity index (χ0n) is 28.5. The van der Waals surface area contributed by atoms with E-state index < -0.39 is 23.5 Å². The van der Waals surface area contributed by atoms with E-state index in [2.05, 4.69) is 13.0 Å². The molecule has 0 radical (unpaired) electrons. The Morgan fingerprint density at radius 2 is 0.943 bits per heavy atom. The molecule has 0 fully saturated rings. The van der Waals surface area contributed by atoms with Gasteiger partial charge in [0.15, 0.2) is 0 Å². The Morgan fingerprint density at radius 1 is 0.509 bits per heavy atom. The lowest BCUT2D eigenvalue weighted by Crippen LogP contribution is -2.05. The van der Waals surface area contributed by atoms with E-state index in [-0.39, 0.29) is 11.4 Å². The summed E-state index contributed by atoms with van der Waals surface area (Å²) in [6, 6.07) is 30.0. The van der Waals surface area contributed by atoms with Gasteiger partial charge in [0.05, 0.1) is 56.0 Å². The Hall–Kier alpha value is -6.16. The van der Waals surface area contributed by atoms with E-state index in [0.29, 0.717) is 33.2 Å². The highest BCUT2D eigenvalue weighted by atomic mass is 19.4. The molecule has 2 heterocycles. The minimum Gasteiger partial charge on any atom is -0.244 e. The van der Waals surface area contributed by atoms with E-state index in [1.54, 1.807) is 6.07 Å². The normalized spacial score (nSPS) is 12.6. The lowest BCUT2D eigenvalue weighted by molar-refractivity contribution is -0.138. The first-order valence-electron chi connectivity index (χ1n) is 16.8. The summed E-state index contributed by atoms with van der Waals surface area (Å²) >= 11 is 0. The second-order valence-corrected chi connectivity index (χ2v) is 12.3. The van der Waals surface area contributed by atoms with Gasteiger partial charge in [0, 0.05) is 16.7 Å². The fourth-order valence-electron chi connectivity index (χ4n) is 6.06. The third-order valence-corrected chi connectivity index (χ3v) is 8.80. The van der Waals surface area contributed by atoms with Crippen molar-refractivity contribution in [3.63, 3.8) is 0 Å². The molecule has 264 valence electrons. The van der Waals surface area contributed by atoms with Crippen LogP contribution in [0, 0.1) is 0 Å². The molecule has 0 aliphatic heterocycles. The van der Waals surface area contributed by atoms with Crippen molar-refractivity contribution in [3.8, 4) is 44.9 Å². The highest BCUT2D eigenvalue weighted by Gasteiger charge is 2.31. The minimum atomic E-state index is -4.55. The van der Waals surface area contributed by atoms with Crippen LogP contribution in [0.2, 0.25) is 0 Å². The smallest absolute Gasteiger partial charge is 0.244 e. The summed E-state index contributed by atoms with van der Waals surface area (Å²) in [5.41, 5.74) is 6.72. The molecule has 53 heavy (non-hydrogen) atoms. The summed E-state index contributed by atoms with van der Waals surface area (Å²) in [6.45, 7) is 4.03. The van der Waals surface area contributed by atoms with Gasteiger partial charge in [0.1, 0.15) is 0 Å². The van der Waals surface area contributed by atoms with Gasteiger partial charge in [-0.1, -0.05) is 91.9 Å². The van der Waals surface area contributed by atoms with Gasteiger partial charge in [0.2, 0.25) is 0 Å². The predicted molar refractivity (Wildman–Crippen MR) is 197 cm³/mol. The average molecular weight is 717 g/mol. The van der Waals surface area contributed by atoms with Crippen LogP contribution in [0.4, 0.5) is 26.3 Å². The SMILES string of the molecule is C/C=C(\C=C/CC)c1nc2cc(-c3ccc4nc(-c5ccc(C(F)(F)F)cc5)c(-c5ccc(C(F)(F)F)cc5)nc4c3)ccc2nc1-c1ccccc1. The van der Waals surface area contributed by atoms with Crippen LogP contribution in [0.15, 0.2) is 133 Å². The first-order chi connectivity index (χ1) is 25.4. The molecule has 7 aromatic rings. The van der Waals surface area contributed by atoms with Crippen molar-refractivity contribution in [1.29, 1.82) is 0 Å². The molecule has 0 aliphatic carbocycles. The monoisotopic (exact) mass is 716 g/mol. The van der Waals surface area contributed by atoms with E-state index >= 15 is 0 Å². The van der Waals surface area contributed by atoms with Crippen molar-refractivity contribution in [2.75, 3.05) is 0 Å². The maximum absolute atomic E-state index is 13.4. The van der Waals surface area contributed by atoms with Gasteiger partial charge in [0.25, 0.3) is 0 Å². The molecule has 0 amide bonds. The summed E-state index contributed by atoms with van der Waals surface area (Å²) in [6.07, 6.45) is -2.10. The summed E-state index contributed by atoms with van der Waals surface area (Å²) in [7, 11) is 0. The Morgan fingerprint density at radius 3 is 1.42 bits per heavy atom. The molecule has 0 spiro atoms. The van der Waals surface area contributed by atoms with E-state index in [0.717, 1.165) is 64.3 Å². The summed E-state index contributed by atoms with van der Waals surface area (Å²) in [5.74, 6) is 0. The van der Waals surface area contributed by atoms with Gasteiger partial charge in [-0.25, -0.2) is 19.9 Å². The predicted octanol–water partition coefficient (Wildman–Crippen LogP) is 12.6. The molecule has 2 aromatic heterocycles. The number of nitrogens with zero attached hydrogens (tertiary/aromatic N) is 4. The molecule has 0 atom stereocenters. The van der Waals surface area contributed by atoms with Crippen LogP contribution in [0.25, 0.3) is 72.5 Å². The number of fused-ring (bicyclic) bond motifs is 2. The third-order valence-electron chi connectivity index (χ3n) is 8.80. The Bertz CT molecular complexity index is 2500. The van der Waals surface area contributed by atoms with E-state index in [4.69, 9.17) is 19.9 Å². The molecule has 0 saturated carbocycles. The number of aromatic nitrogens is 4. The van der Waals surface area contributed by atoms with Crippen molar-refractivity contribution >= 4 is 27.6 Å².